The lowest BCUT2D eigenvalue weighted by atomic mass is 10.1. The summed E-state index contributed by atoms with van der Waals surface area (Å²) in [6, 6.07) is 4.11. The first-order valence-electron chi connectivity index (χ1n) is 5.41. The number of rotatable bonds is 4. The number of nitrogens with one attached hydrogen (secondary N) is 2. The topological polar surface area (TPSA) is 81.3 Å². The number of aromatic carboxylic acids is 1. The van der Waals surface area contributed by atoms with E-state index in [0.717, 1.165) is 12.0 Å². The summed E-state index contributed by atoms with van der Waals surface area (Å²) in [5.41, 5.74) is 1.31. The van der Waals surface area contributed by atoms with Gasteiger partial charge in [0.25, 0.3) is 0 Å². The highest BCUT2D eigenvalue weighted by molar-refractivity contribution is 5.93. The predicted octanol–water partition coefficient (Wildman–Crippen LogP) is 0.890. The van der Waals surface area contributed by atoms with Crippen molar-refractivity contribution >= 4 is 17.7 Å². The van der Waals surface area contributed by atoms with Crippen LogP contribution >= 0.6 is 0 Å². The summed E-state index contributed by atoms with van der Waals surface area (Å²) in [5.74, 6) is -1.26. The molecule has 0 aliphatic carbocycles. The summed E-state index contributed by atoms with van der Waals surface area (Å²) in [5, 5.41) is 15.9. The first kappa shape index (κ1) is 13.0. The van der Waals surface area contributed by atoms with Crippen molar-refractivity contribution in [1.82, 2.24) is 5.32 Å². The number of carboxylic acid groups (broad SMARTS) is 1. The molecule has 0 atom stereocenters. The van der Waals surface area contributed by atoms with Crippen LogP contribution in [0.5, 0.6) is 0 Å². The summed E-state index contributed by atoms with van der Waals surface area (Å²) < 4.78 is 0. The Morgan fingerprint density at radius 2 is 2.06 bits per heavy atom. The highest BCUT2D eigenvalue weighted by Gasteiger charge is 2.05. The molecule has 0 fully saturated rings. The number of carbonyl (C=O) groups is 2. The van der Waals surface area contributed by atoms with Crippen molar-refractivity contribution in [1.29, 1.82) is 0 Å². The first-order chi connectivity index (χ1) is 8.04. The van der Waals surface area contributed by atoms with Crippen LogP contribution in [0.1, 0.15) is 29.3 Å². The fraction of sp³-hybridized carbons (Fsp3) is 0.333. The molecule has 92 valence electrons. The molecule has 0 heterocycles. The zero-order chi connectivity index (χ0) is 12.8. The molecule has 0 saturated heterocycles. The molecule has 0 radical (unpaired) electrons. The average Bonchev–Trinajstić information content (AvgIpc) is 2.29. The third-order valence-electron chi connectivity index (χ3n) is 2.26. The number of hydrogen-bond acceptors (Lipinski definition) is 3. The van der Waals surface area contributed by atoms with Crippen molar-refractivity contribution in [3.05, 3.63) is 29.3 Å². The van der Waals surface area contributed by atoms with Gasteiger partial charge in [-0.1, -0.05) is 19.1 Å². The van der Waals surface area contributed by atoms with Crippen LogP contribution in [0.25, 0.3) is 0 Å². The number of urea groups is 1. The van der Waals surface area contributed by atoms with Gasteiger partial charge in [0.2, 0.25) is 0 Å². The second-order valence-electron chi connectivity index (χ2n) is 3.70. The van der Waals surface area contributed by atoms with Gasteiger partial charge in [-0.2, -0.15) is 0 Å². The van der Waals surface area contributed by atoms with Gasteiger partial charge < -0.3 is 20.5 Å². The van der Waals surface area contributed by atoms with E-state index in [0.29, 0.717) is 12.2 Å². The maximum atomic E-state index is 11.4. The number of anilines is 1. The molecule has 0 unspecified atom stereocenters. The van der Waals surface area contributed by atoms with Gasteiger partial charge >= 0.3 is 6.03 Å². The lowest BCUT2D eigenvalue weighted by Crippen LogP contribution is -2.29. The maximum Gasteiger partial charge on any atom is 0.319 e. The summed E-state index contributed by atoms with van der Waals surface area (Å²) >= 11 is 0. The fourth-order valence-corrected chi connectivity index (χ4v) is 1.29. The van der Waals surface area contributed by atoms with Crippen LogP contribution in [0.2, 0.25) is 0 Å². The van der Waals surface area contributed by atoms with Crippen molar-refractivity contribution in [3.63, 3.8) is 0 Å². The molecule has 2 N–H and O–H groups in total. The highest BCUT2D eigenvalue weighted by atomic mass is 16.4. The molecule has 2 amide bonds. The summed E-state index contributed by atoms with van der Waals surface area (Å²) in [6.07, 6.45) is 0.839. The fourth-order valence-electron chi connectivity index (χ4n) is 1.29. The second kappa shape index (κ2) is 5.89. The summed E-state index contributed by atoms with van der Waals surface area (Å²) in [7, 11) is 0. The third-order valence-corrected chi connectivity index (χ3v) is 2.26. The van der Waals surface area contributed by atoms with Crippen LogP contribution in [0, 0.1) is 6.92 Å². The average molecular weight is 235 g/mol. The van der Waals surface area contributed by atoms with E-state index in [1.54, 1.807) is 13.0 Å². The molecular formula is C12H15N2O3-. The Balaban J connectivity index is 2.79. The molecule has 5 heteroatoms. The zero-order valence-corrected chi connectivity index (χ0v) is 9.87. The van der Waals surface area contributed by atoms with Gasteiger partial charge in [-0.25, -0.2) is 4.79 Å². The van der Waals surface area contributed by atoms with Crippen molar-refractivity contribution in [2.24, 2.45) is 0 Å². The molecule has 0 saturated carbocycles. The minimum atomic E-state index is -1.26. The smallest absolute Gasteiger partial charge is 0.319 e. The Hall–Kier alpha value is -2.04. The van der Waals surface area contributed by atoms with Crippen LogP contribution in [0.15, 0.2) is 18.2 Å². The number of hydrogen-bond donors (Lipinski definition) is 2. The quantitative estimate of drug-likeness (QED) is 0.813. The van der Waals surface area contributed by atoms with E-state index in [4.69, 9.17) is 0 Å². The predicted molar refractivity (Wildman–Crippen MR) is 62.8 cm³/mol. The monoisotopic (exact) mass is 235 g/mol. The molecule has 0 bridgehead atoms. The molecule has 0 aliphatic heterocycles. The standard InChI is InChI=1S/C12H16N2O3/c1-3-6-13-12(17)14-10-7-9(11(15)16)5-4-8(10)2/h4-5,7H,3,6H2,1-2H3,(H,15,16)(H2,13,14,17)/p-1. The van der Waals surface area contributed by atoms with E-state index < -0.39 is 5.97 Å². The molecule has 1 rings (SSSR count). The Bertz CT molecular complexity index is 430. The van der Waals surface area contributed by atoms with Crippen molar-refractivity contribution in [3.8, 4) is 0 Å². The maximum absolute atomic E-state index is 11.4. The molecule has 0 spiro atoms. The highest BCUT2D eigenvalue weighted by Crippen LogP contribution is 2.16. The van der Waals surface area contributed by atoms with Gasteiger partial charge in [0, 0.05) is 12.2 Å². The molecule has 17 heavy (non-hydrogen) atoms. The molecule has 5 nitrogen and oxygen atoms in total. The van der Waals surface area contributed by atoms with Crippen LogP contribution in [-0.4, -0.2) is 18.5 Å². The minimum absolute atomic E-state index is 0.0430. The normalized spacial score (nSPS) is 9.76. The molecular weight excluding hydrogens is 220 g/mol. The lowest BCUT2D eigenvalue weighted by molar-refractivity contribution is -0.255. The number of carboxylic acids is 1. The Morgan fingerprint density at radius 1 is 1.35 bits per heavy atom. The summed E-state index contributed by atoms with van der Waals surface area (Å²) in [6.45, 7) is 4.31. The molecule has 0 aromatic heterocycles. The van der Waals surface area contributed by atoms with E-state index in [1.807, 2.05) is 6.92 Å². The van der Waals surface area contributed by atoms with E-state index in [1.165, 1.54) is 12.1 Å². The largest absolute Gasteiger partial charge is 0.545 e. The van der Waals surface area contributed by atoms with Gasteiger partial charge in [0.15, 0.2) is 0 Å². The Labute approximate surface area is 99.8 Å². The molecule has 1 aromatic carbocycles. The third kappa shape index (κ3) is 3.79. The number of benzene rings is 1. The first-order valence-corrected chi connectivity index (χ1v) is 5.41. The van der Waals surface area contributed by atoms with E-state index in [2.05, 4.69) is 10.6 Å². The Kier molecular flexibility index (Phi) is 4.51. The van der Waals surface area contributed by atoms with Crippen molar-refractivity contribution in [2.45, 2.75) is 20.3 Å². The van der Waals surface area contributed by atoms with Crippen LogP contribution in [-0.2, 0) is 0 Å². The number of aryl methyl sites for hydroxylation is 1. The lowest BCUT2D eigenvalue weighted by Gasteiger charge is -2.11. The number of amides is 2. The van der Waals surface area contributed by atoms with E-state index in [9.17, 15) is 14.7 Å². The Morgan fingerprint density at radius 3 is 2.65 bits per heavy atom. The van der Waals surface area contributed by atoms with E-state index in [-0.39, 0.29) is 11.6 Å². The number of carbonyl (C=O) groups excluding carboxylic acids is 2. The van der Waals surface area contributed by atoms with Crippen LogP contribution < -0.4 is 15.7 Å². The zero-order valence-electron chi connectivity index (χ0n) is 9.87. The van der Waals surface area contributed by atoms with Crippen molar-refractivity contribution in [2.75, 3.05) is 11.9 Å². The summed E-state index contributed by atoms with van der Waals surface area (Å²) in [4.78, 5) is 22.1. The van der Waals surface area contributed by atoms with Gasteiger partial charge in [-0.15, -0.1) is 0 Å². The molecule has 0 aliphatic rings. The second-order valence-corrected chi connectivity index (χ2v) is 3.70. The van der Waals surface area contributed by atoms with Gasteiger partial charge in [0.1, 0.15) is 0 Å². The SMILES string of the molecule is CCCNC(=O)Nc1cc(C(=O)[O-])ccc1C. The van der Waals surface area contributed by atoms with Crippen LogP contribution in [0.3, 0.4) is 0 Å². The minimum Gasteiger partial charge on any atom is -0.545 e. The van der Waals surface area contributed by atoms with E-state index >= 15 is 0 Å². The van der Waals surface area contributed by atoms with Gasteiger partial charge in [-0.3, -0.25) is 0 Å². The molecule has 1 aromatic rings. The van der Waals surface area contributed by atoms with Gasteiger partial charge in [0.05, 0.1) is 5.97 Å². The van der Waals surface area contributed by atoms with Crippen molar-refractivity contribution < 1.29 is 14.7 Å². The van der Waals surface area contributed by atoms with Crippen LogP contribution in [0.4, 0.5) is 10.5 Å². The van der Waals surface area contributed by atoms with Gasteiger partial charge in [-0.05, 0) is 30.5 Å².